The second kappa shape index (κ2) is 16.7. The Morgan fingerprint density at radius 1 is 1.02 bits per heavy atom. The van der Waals surface area contributed by atoms with Crippen LogP contribution in [-0.2, 0) is 22.5 Å². The lowest BCUT2D eigenvalue weighted by atomic mass is 9.93. The molecule has 4 heterocycles. The van der Waals surface area contributed by atoms with Gasteiger partial charge in [-0.1, -0.05) is 25.3 Å². The molecule has 1 aromatic heterocycles. The number of β-amino-alcohol motifs (C(OH)–C–C–N with tert-alkyl or cyclic N) is 1. The lowest BCUT2D eigenvalue weighted by Gasteiger charge is -2.35. The molecule has 12 nitrogen and oxygen atoms in total. The average molecular weight is 718 g/mol. The first-order chi connectivity index (χ1) is 25.2. The Kier molecular flexibility index (Phi) is 11.8. The van der Waals surface area contributed by atoms with E-state index in [-0.39, 0.29) is 36.2 Å². The van der Waals surface area contributed by atoms with Crippen LogP contribution in [-0.4, -0.2) is 114 Å². The third-order valence-electron chi connectivity index (χ3n) is 11.8. The molecule has 12 heteroatoms. The molecule has 2 saturated carbocycles. The van der Waals surface area contributed by atoms with E-state index in [0.29, 0.717) is 56.8 Å². The summed E-state index contributed by atoms with van der Waals surface area (Å²) in [6.07, 6.45) is 12.1. The Balaban J connectivity index is 0.887. The minimum absolute atomic E-state index is 0.0364. The fourth-order valence-corrected chi connectivity index (χ4v) is 8.43. The van der Waals surface area contributed by atoms with Crippen molar-refractivity contribution in [2.75, 3.05) is 62.6 Å². The molecule has 0 bridgehead atoms. The van der Waals surface area contributed by atoms with Crippen molar-refractivity contribution in [1.82, 2.24) is 25.4 Å². The number of aliphatic hydroxyl groups excluding tert-OH is 1. The van der Waals surface area contributed by atoms with Gasteiger partial charge >= 0.3 is 0 Å². The first-order valence-electron chi connectivity index (χ1n) is 19.9. The van der Waals surface area contributed by atoms with Gasteiger partial charge in [0.05, 0.1) is 6.10 Å². The average Bonchev–Trinajstić information content (AvgIpc) is 3.44. The predicted octanol–water partition coefficient (Wildman–Crippen LogP) is 4.06. The van der Waals surface area contributed by atoms with Crippen molar-refractivity contribution in [1.29, 1.82) is 0 Å². The summed E-state index contributed by atoms with van der Waals surface area (Å²) < 4.78 is 12.9. The number of hydrogen-bond acceptors (Lipinski definition) is 10. The Morgan fingerprint density at radius 2 is 1.79 bits per heavy atom. The maximum absolute atomic E-state index is 13.4. The number of ether oxygens (including phenoxy) is 2. The monoisotopic (exact) mass is 717 g/mol. The lowest BCUT2D eigenvalue weighted by molar-refractivity contribution is -0.129. The summed E-state index contributed by atoms with van der Waals surface area (Å²) in [5, 5.41) is 21.2. The molecule has 0 radical (unpaired) electrons. The molecule has 5 aliphatic rings. The van der Waals surface area contributed by atoms with E-state index in [0.717, 1.165) is 56.8 Å². The molecule has 2 aromatic rings. The van der Waals surface area contributed by atoms with E-state index >= 15 is 0 Å². The molecule has 3 aliphatic heterocycles. The quantitative estimate of drug-likeness (QED) is 0.270. The number of anilines is 2. The number of aromatic nitrogens is 1. The van der Waals surface area contributed by atoms with Gasteiger partial charge in [-0.05, 0) is 93.7 Å². The molecule has 2 aliphatic carbocycles. The Morgan fingerprint density at radius 3 is 2.52 bits per heavy atom. The maximum Gasteiger partial charge on any atom is 0.251 e. The SMILES string of the molecule is CC(=O)N1CCN(c2cc(C(=O)NC[C@H](O)CN3CCc4cc(OCC5OC6(CCCCCCC6)NC5C)ccc4C3)cc(NC3CCC3)n2)CC1. The summed E-state index contributed by atoms with van der Waals surface area (Å²) >= 11 is 0. The largest absolute Gasteiger partial charge is 0.491 e. The van der Waals surface area contributed by atoms with E-state index in [2.05, 4.69) is 50.9 Å². The first-order valence-corrected chi connectivity index (χ1v) is 19.9. The van der Waals surface area contributed by atoms with Crippen LogP contribution in [0.25, 0.3) is 0 Å². The van der Waals surface area contributed by atoms with E-state index in [9.17, 15) is 14.7 Å². The fourth-order valence-electron chi connectivity index (χ4n) is 8.43. The maximum atomic E-state index is 13.4. The zero-order valence-corrected chi connectivity index (χ0v) is 31.2. The highest BCUT2D eigenvalue weighted by atomic mass is 16.6. The highest BCUT2D eigenvalue weighted by Gasteiger charge is 2.43. The van der Waals surface area contributed by atoms with Gasteiger partial charge in [-0.3, -0.25) is 19.8 Å². The fraction of sp³-hybridized carbons (Fsp3) is 0.675. The highest BCUT2D eigenvalue weighted by Crippen LogP contribution is 2.35. The molecule has 2 unspecified atom stereocenters. The second-order valence-electron chi connectivity index (χ2n) is 15.8. The van der Waals surface area contributed by atoms with Gasteiger partial charge in [0.15, 0.2) is 0 Å². The number of hydrogen-bond donors (Lipinski definition) is 4. The minimum atomic E-state index is -0.704. The molecule has 284 valence electrons. The summed E-state index contributed by atoms with van der Waals surface area (Å²) in [5.41, 5.74) is 2.86. The molecule has 4 fully saturated rings. The Labute approximate surface area is 309 Å². The van der Waals surface area contributed by atoms with Crippen molar-refractivity contribution >= 4 is 23.5 Å². The minimum Gasteiger partial charge on any atom is -0.491 e. The number of rotatable bonds is 11. The topological polar surface area (TPSA) is 132 Å². The van der Waals surface area contributed by atoms with Crippen LogP contribution in [0.1, 0.15) is 99.5 Å². The number of benzene rings is 1. The Bertz CT molecular complexity index is 1540. The van der Waals surface area contributed by atoms with Crippen LogP contribution >= 0.6 is 0 Å². The molecular weight excluding hydrogens is 658 g/mol. The van der Waals surface area contributed by atoms with Gasteiger partial charge in [0.1, 0.15) is 35.8 Å². The van der Waals surface area contributed by atoms with Crippen LogP contribution in [0.15, 0.2) is 30.3 Å². The van der Waals surface area contributed by atoms with Crippen LogP contribution < -0.4 is 25.6 Å². The molecule has 4 N–H and O–H groups in total. The van der Waals surface area contributed by atoms with Gasteiger partial charge in [-0.2, -0.15) is 0 Å². The van der Waals surface area contributed by atoms with Crippen molar-refractivity contribution in [2.45, 2.75) is 121 Å². The van der Waals surface area contributed by atoms with E-state index in [4.69, 9.17) is 14.5 Å². The summed E-state index contributed by atoms with van der Waals surface area (Å²) in [7, 11) is 0. The number of carbonyl (C=O) groups excluding carboxylic acids is 2. The summed E-state index contributed by atoms with van der Waals surface area (Å²) in [4.78, 5) is 36.3. The van der Waals surface area contributed by atoms with E-state index in [1.54, 1.807) is 6.92 Å². The molecule has 2 saturated heterocycles. The first kappa shape index (κ1) is 36.9. The molecule has 1 spiro atoms. The number of aliphatic hydroxyl groups is 1. The smallest absolute Gasteiger partial charge is 0.251 e. The van der Waals surface area contributed by atoms with Crippen LogP contribution in [0.5, 0.6) is 5.75 Å². The third kappa shape index (κ3) is 9.18. The molecule has 1 aromatic carbocycles. The molecule has 2 amide bonds. The number of piperazine rings is 1. The van der Waals surface area contributed by atoms with E-state index in [1.807, 2.05) is 17.0 Å². The zero-order chi connectivity index (χ0) is 36.1. The van der Waals surface area contributed by atoms with Crippen LogP contribution in [0, 0.1) is 0 Å². The van der Waals surface area contributed by atoms with Gasteiger partial charge in [0, 0.05) is 76.9 Å². The normalized spacial score (nSPS) is 24.4. The van der Waals surface area contributed by atoms with E-state index in [1.165, 1.54) is 49.7 Å². The standard InChI is InChI=1S/C40H59N7O5/c1-28-36(52-40(44-28)14-6-4-3-5-7-15-40)27-51-35-12-11-31-25-45(16-13-30(31)21-35)26-34(49)24-41-39(50)32-22-37(42-33-9-8-10-33)43-38(23-32)47-19-17-46(18-20-47)29(2)48/h11-12,21-23,28,33-34,36,44,49H,3-10,13-20,24-27H2,1-2H3,(H,41,50)(H,42,43)/t28?,34-,36?/m0/s1. The number of amides is 2. The van der Waals surface area contributed by atoms with E-state index < -0.39 is 6.10 Å². The van der Waals surface area contributed by atoms with Gasteiger partial charge in [-0.15, -0.1) is 0 Å². The number of pyridine rings is 1. The molecule has 7 rings (SSSR count). The van der Waals surface area contributed by atoms with Crippen molar-refractivity contribution in [3.8, 4) is 5.75 Å². The van der Waals surface area contributed by atoms with Gasteiger partial charge in [-0.25, -0.2) is 4.98 Å². The van der Waals surface area contributed by atoms with Gasteiger partial charge < -0.3 is 35.0 Å². The zero-order valence-electron chi connectivity index (χ0n) is 31.2. The summed E-state index contributed by atoms with van der Waals surface area (Å²) in [5.74, 6) is 2.16. The van der Waals surface area contributed by atoms with Gasteiger partial charge in [0.2, 0.25) is 5.91 Å². The number of nitrogens with one attached hydrogen (secondary N) is 3. The van der Waals surface area contributed by atoms with Crippen molar-refractivity contribution in [3.63, 3.8) is 0 Å². The van der Waals surface area contributed by atoms with Crippen LogP contribution in [0.4, 0.5) is 11.6 Å². The third-order valence-corrected chi connectivity index (χ3v) is 11.8. The number of fused-ring (bicyclic) bond motifs is 1. The highest BCUT2D eigenvalue weighted by molar-refractivity contribution is 5.95. The Hall–Kier alpha value is -3.45. The van der Waals surface area contributed by atoms with Crippen molar-refractivity contribution in [3.05, 3.63) is 47.0 Å². The van der Waals surface area contributed by atoms with Crippen LogP contribution in [0.2, 0.25) is 0 Å². The number of nitrogens with zero attached hydrogens (tertiary/aromatic N) is 4. The van der Waals surface area contributed by atoms with Crippen molar-refractivity contribution in [2.24, 2.45) is 0 Å². The molecule has 52 heavy (non-hydrogen) atoms. The van der Waals surface area contributed by atoms with Gasteiger partial charge in [0.25, 0.3) is 5.91 Å². The lowest BCUT2D eigenvalue weighted by Crippen LogP contribution is -2.48. The second-order valence-corrected chi connectivity index (χ2v) is 15.8. The molecule has 3 atom stereocenters. The number of carbonyl (C=O) groups is 2. The summed E-state index contributed by atoms with van der Waals surface area (Å²) in [6.45, 7) is 9.16. The molecular formula is C40H59N7O5. The summed E-state index contributed by atoms with van der Waals surface area (Å²) in [6, 6.07) is 10.6. The van der Waals surface area contributed by atoms with Crippen LogP contribution in [0.3, 0.4) is 0 Å². The predicted molar refractivity (Wildman–Crippen MR) is 202 cm³/mol. The van der Waals surface area contributed by atoms with Crippen molar-refractivity contribution < 1.29 is 24.2 Å².